The summed E-state index contributed by atoms with van der Waals surface area (Å²) in [5, 5.41) is 3.91. The third kappa shape index (κ3) is 4.62. The van der Waals surface area contributed by atoms with E-state index in [4.69, 9.17) is 9.47 Å². The molecule has 2 heterocycles. The highest BCUT2D eigenvalue weighted by Gasteiger charge is 2.28. The molecule has 1 fully saturated rings. The number of nitrogens with one attached hydrogen (secondary N) is 2. The highest BCUT2D eigenvalue weighted by Crippen LogP contribution is 2.32. The smallest absolute Gasteiger partial charge is 0.262 e. The molecular formula is C24H29N5O4. The molecule has 2 aromatic heterocycles. The second kappa shape index (κ2) is 9.48. The molecule has 1 aliphatic carbocycles. The van der Waals surface area contributed by atoms with Crippen LogP contribution in [0.1, 0.15) is 25.7 Å². The van der Waals surface area contributed by atoms with Gasteiger partial charge in [-0.3, -0.25) is 14.6 Å². The highest BCUT2D eigenvalue weighted by molar-refractivity contribution is 5.87. The van der Waals surface area contributed by atoms with Crippen molar-refractivity contribution in [2.75, 3.05) is 33.6 Å². The minimum absolute atomic E-state index is 0.0786. The molecule has 0 spiro atoms. The molecule has 33 heavy (non-hydrogen) atoms. The van der Waals surface area contributed by atoms with E-state index in [1.807, 2.05) is 12.1 Å². The number of amides is 1. The zero-order valence-corrected chi connectivity index (χ0v) is 19.3. The molecule has 0 atom stereocenters. The normalized spacial score (nSPS) is 18.1. The maximum absolute atomic E-state index is 12.9. The van der Waals surface area contributed by atoms with Crippen LogP contribution in [0.3, 0.4) is 0 Å². The number of pyridine rings is 1. The van der Waals surface area contributed by atoms with Crippen molar-refractivity contribution in [2.24, 2.45) is 5.92 Å². The van der Waals surface area contributed by atoms with Crippen LogP contribution in [0.5, 0.6) is 11.5 Å². The number of carbonyl (C=O) groups is 1. The Morgan fingerprint density at radius 1 is 1.15 bits per heavy atom. The van der Waals surface area contributed by atoms with E-state index < -0.39 is 0 Å². The third-order valence-corrected chi connectivity index (χ3v) is 6.11. The van der Waals surface area contributed by atoms with Crippen molar-refractivity contribution in [3.63, 3.8) is 0 Å². The Kier molecular flexibility index (Phi) is 6.48. The van der Waals surface area contributed by atoms with E-state index in [1.54, 1.807) is 44.4 Å². The minimum Gasteiger partial charge on any atom is -0.497 e. The number of nitrogens with zero attached hydrogens (tertiary/aromatic N) is 3. The van der Waals surface area contributed by atoms with Gasteiger partial charge in [-0.25, -0.2) is 4.98 Å². The Balaban J connectivity index is 1.63. The van der Waals surface area contributed by atoms with Gasteiger partial charge in [-0.15, -0.1) is 0 Å². The van der Waals surface area contributed by atoms with E-state index in [-0.39, 0.29) is 23.4 Å². The lowest BCUT2D eigenvalue weighted by atomic mass is 9.85. The van der Waals surface area contributed by atoms with Crippen LogP contribution in [0.4, 0.5) is 5.69 Å². The number of aromatic amines is 1. The Hall–Kier alpha value is -3.62. The van der Waals surface area contributed by atoms with Crippen molar-refractivity contribution in [1.82, 2.24) is 19.9 Å². The topological polar surface area (TPSA) is 109 Å². The standard InChI is InChI=1S/C24H29N5O4/c1-29(2)24(31)14-7-9-15(10-8-14)26-17-6-5-11-25-21(17)22-27-18-12-16(32-3)13-19(33-4)20(18)23(30)28-22/h5-6,11-15,26H,7-10H2,1-4H3,(H,27,28,30)/t14-,15+. The number of benzene rings is 1. The molecule has 9 heteroatoms. The van der Waals surface area contributed by atoms with Crippen LogP contribution in [-0.4, -0.2) is 60.1 Å². The van der Waals surface area contributed by atoms with Crippen LogP contribution in [0.2, 0.25) is 0 Å². The zero-order chi connectivity index (χ0) is 23.5. The lowest BCUT2D eigenvalue weighted by Gasteiger charge is -2.30. The van der Waals surface area contributed by atoms with Crippen LogP contribution >= 0.6 is 0 Å². The first-order chi connectivity index (χ1) is 15.9. The zero-order valence-electron chi connectivity index (χ0n) is 19.3. The van der Waals surface area contributed by atoms with Crippen molar-refractivity contribution in [2.45, 2.75) is 31.7 Å². The summed E-state index contributed by atoms with van der Waals surface area (Å²) in [6, 6.07) is 7.35. The van der Waals surface area contributed by atoms with E-state index in [0.717, 1.165) is 31.4 Å². The van der Waals surface area contributed by atoms with E-state index in [2.05, 4.69) is 20.3 Å². The largest absolute Gasteiger partial charge is 0.497 e. The molecule has 0 aliphatic heterocycles. The summed E-state index contributed by atoms with van der Waals surface area (Å²) in [4.78, 5) is 38.9. The molecule has 174 valence electrons. The maximum Gasteiger partial charge on any atom is 0.262 e. The lowest BCUT2D eigenvalue weighted by Crippen LogP contribution is -2.35. The first-order valence-corrected chi connectivity index (χ1v) is 11.0. The predicted molar refractivity (Wildman–Crippen MR) is 127 cm³/mol. The van der Waals surface area contributed by atoms with Gasteiger partial charge in [0, 0.05) is 44.4 Å². The van der Waals surface area contributed by atoms with Crippen molar-refractivity contribution in [3.05, 3.63) is 40.8 Å². The Labute approximate surface area is 192 Å². The molecule has 4 rings (SSSR count). The van der Waals surface area contributed by atoms with Gasteiger partial charge in [-0.2, -0.15) is 0 Å². The molecule has 2 N–H and O–H groups in total. The van der Waals surface area contributed by atoms with Gasteiger partial charge >= 0.3 is 0 Å². The first-order valence-electron chi connectivity index (χ1n) is 11.0. The summed E-state index contributed by atoms with van der Waals surface area (Å²) in [7, 11) is 6.66. The molecule has 1 aromatic carbocycles. The predicted octanol–water partition coefficient (Wildman–Crippen LogP) is 3.06. The van der Waals surface area contributed by atoms with Crippen LogP contribution in [0.15, 0.2) is 35.3 Å². The average Bonchev–Trinajstić information content (AvgIpc) is 2.83. The number of hydrogen-bond acceptors (Lipinski definition) is 7. The van der Waals surface area contributed by atoms with Gasteiger partial charge in [0.15, 0.2) is 5.82 Å². The van der Waals surface area contributed by atoms with Crippen LogP contribution in [-0.2, 0) is 4.79 Å². The van der Waals surface area contributed by atoms with Gasteiger partial charge in [0.05, 0.1) is 25.4 Å². The Morgan fingerprint density at radius 2 is 1.91 bits per heavy atom. The SMILES string of the molecule is COc1cc(OC)c2c(=O)[nH]c(-c3ncccc3N[C@H]3CC[C@@H](C(=O)N(C)C)CC3)nc2c1. The lowest BCUT2D eigenvalue weighted by molar-refractivity contribution is -0.133. The van der Waals surface area contributed by atoms with E-state index in [9.17, 15) is 9.59 Å². The second-order valence-electron chi connectivity index (χ2n) is 8.46. The molecular weight excluding hydrogens is 422 g/mol. The van der Waals surface area contributed by atoms with E-state index >= 15 is 0 Å². The number of fused-ring (bicyclic) bond motifs is 1. The van der Waals surface area contributed by atoms with Gasteiger partial charge in [0.25, 0.3) is 5.56 Å². The summed E-state index contributed by atoms with van der Waals surface area (Å²) < 4.78 is 10.7. The molecule has 1 amide bonds. The van der Waals surface area contributed by atoms with Crippen LogP contribution in [0, 0.1) is 5.92 Å². The van der Waals surface area contributed by atoms with Crippen LogP contribution < -0.4 is 20.3 Å². The average molecular weight is 452 g/mol. The summed E-state index contributed by atoms with van der Waals surface area (Å²) in [5.74, 6) is 1.58. The van der Waals surface area contributed by atoms with E-state index in [0.29, 0.717) is 33.9 Å². The maximum atomic E-state index is 12.9. The first kappa shape index (κ1) is 22.6. The van der Waals surface area contributed by atoms with E-state index in [1.165, 1.54) is 7.11 Å². The number of hydrogen-bond donors (Lipinski definition) is 2. The fourth-order valence-corrected chi connectivity index (χ4v) is 4.38. The summed E-state index contributed by atoms with van der Waals surface area (Å²) in [5.41, 5.74) is 1.50. The molecule has 1 aliphatic rings. The molecule has 1 saturated carbocycles. The number of ether oxygens (including phenoxy) is 2. The molecule has 0 bridgehead atoms. The number of anilines is 1. The van der Waals surface area contributed by atoms with Crippen molar-refractivity contribution < 1.29 is 14.3 Å². The molecule has 0 saturated heterocycles. The van der Waals surface area contributed by atoms with Gasteiger partial charge in [0.2, 0.25) is 5.91 Å². The number of aromatic nitrogens is 3. The molecule has 3 aromatic rings. The minimum atomic E-state index is -0.311. The van der Waals surface area contributed by atoms with Gasteiger partial charge < -0.3 is 24.7 Å². The second-order valence-corrected chi connectivity index (χ2v) is 8.46. The Bertz CT molecular complexity index is 1220. The van der Waals surface area contributed by atoms with Gasteiger partial charge in [-0.05, 0) is 37.8 Å². The van der Waals surface area contributed by atoms with Gasteiger partial charge in [-0.1, -0.05) is 0 Å². The monoisotopic (exact) mass is 451 g/mol. The summed E-state index contributed by atoms with van der Waals surface area (Å²) in [6.45, 7) is 0. The quantitative estimate of drug-likeness (QED) is 0.593. The third-order valence-electron chi connectivity index (χ3n) is 6.11. The van der Waals surface area contributed by atoms with Gasteiger partial charge in [0.1, 0.15) is 22.6 Å². The Morgan fingerprint density at radius 3 is 2.58 bits per heavy atom. The molecule has 9 nitrogen and oxygen atoms in total. The number of H-pyrrole nitrogens is 1. The number of methoxy groups -OCH3 is 2. The van der Waals surface area contributed by atoms with Crippen LogP contribution in [0.25, 0.3) is 22.4 Å². The molecule has 0 unspecified atom stereocenters. The van der Waals surface area contributed by atoms with Crippen molar-refractivity contribution in [1.29, 1.82) is 0 Å². The fourth-order valence-electron chi connectivity index (χ4n) is 4.38. The highest BCUT2D eigenvalue weighted by atomic mass is 16.5. The van der Waals surface area contributed by atoms with Crippen molar-refractivity contribution in [3.8, 4) is 23.0 Å². The summed E-state index contributed by atoms with van der Waals surface area (Å²) >= 11 is 0. The van der Waals surface area contributed by atoms with Crippen molar-refractivity contribution >= 4 is 22.5 Å². The molecule has 0 radical (unpaired) electrons. The number of rotatable bonds is 6. The number of carbonyl (C=O) groups excluding carboxylic acids is 1. The fraction of sp³-hybridized carbons (Fsp3) is 0.417. The summed E-state index contributed by atoms with van der Waals surface area (Å²) in [6.07, 6.45) is 5.12.